The molecular weight excluding hydrogens is 429 g/mol. The lowest BCUT2D eigenvalue weighted by atomic mass is 10.1. The molecule has 162 valence electrons. The molecule has 3 aromatic carbocycles. The van der Waals surface area contributed by atoms with Gasteiger partial charge in [0, 0.05) is 16.8 Å². The quantitative estimate of drug-likeness (QED) is 0.277. The normalized spacial score (nSPS) is 10.7. The average molecular weight is 450 g/mol. The van der Waals surface area contributed by atoms with Crippen molar-refractivity contribution < 1.29 is 18.7 Å². The maximum Gasteiger partial charge on any atom is 0.196 e. The minimum Gasteiger partial charge on any atom is -0.497 e. The van der Waals surface area contributed by atoms with Crippen LogP contribution >= 0.6 is 11.8 Å². The molecule has 0 aliphatic rings. The van der Waals surface area contributed by atoms with Crippen LogP contribution < -0.4 is 9.47 Å². The third-order valence-electron chi connectivity index (χ3n) is 4.81. The molecule has 0 radical (unpaired) electrons. The number of ether oxygens (including phenoxy) is 2. The summed E-state index contributed by atoms with van der Waals surface area (Å²) in [4.78, 5) is 12.6. The van der Waals surface area contributed by atoms with Crippen molar-refractivity contribution in [1.82, 2.24) is 14.8 Å². The average Bonchev–Trinajstić information content (AvgIpc) is 3.27. The number of halogens is 1. The zero-order chi connectivity index (χ0) is 22.5. The molecule has 0 unspecified atom stereocenters. The van der Waals surface area contributed by atoms with E-state index in [1.807, 2.05) is 53.1 Å². The van der Waals surface area contributed by atoms with Crippen molar-refractivity contribution in [3.63, 3.8) is 0 Å². The van der Waals surface area contributed by atoms with E-state index in [9.17, 15) is 9.18 Å². The molecule has 0 N–H and O–H groups in total. The van der Waals surface area contributed by atoms with Crippen LogP contribution in [0.5, 0.6) is 11.5 Å². The van der Waals surface area contributed by atoms with E-state index in [1.165, 1.54) is 36.0 Å². The van der Waals surface area contributed by atoms with Crippen molar-refractivity contribution >= 4 is 17.5 Å². The predicted molar refractivity (Wildman–Crippen MR) is 121 cm³/mol. The number of rotatable bonds is 8. The van der Waals surface area contributed by atoms with Crippen LogP contribution in [0.4, 0.5) is 4.39 Å². The van der Waals surface area contributed by atoms with Crippen LogP contribution in [0, 0.1) is 5.82 Å². The third-order valence-corrected chi connectivity index (χ3v) is 5.74. The van der Waals surface area contributed by atoms with Gasteiger partial charge in [-0.15, -0.1) is 10.2 Å². The second-order valence-corrected chi connectivity index (χ2v) is 7.73. The van der Waals surface area contributed by atoms with Crippen LogP contribution in [0.2, 0.25) is 0 Å². The number of benzene rings is 3. The van der Waals surface area contributed by atoms with Crippen LogP contribution in [0.3, 0.4) is 0 Å². The summed E-state index contributed by atoms with van der Waals surface area (Å²) in [6.45, 7) is 0. The van der Waals surface area contributed by atoms with Gasteiger partial charge in [-0.05, 0) is 72.8 Å². The van der Waals surface area contributed by atoms with Crippen LogP contribution in [0.15, 0.2) is 78.0 Å². The maximum absolute atomic E-state index is 13.2. The predicted octanol–water partition coefficient (Wildman–Crippen LogP) is 5.07. The summed E-state index contributed by atoms with van der Waals surface area (Å²) in [6, 6.07) is 20.5. The lowest BCUT2D eigenvalue weighted by Gasteiger charge is -2.11. The van der Waals surface area contributed by atoms with Crippen molar-refractivity contribution in [3.05, 3.63) is 84.2 Å². The molecule has 0 spiro atoms. The van der Waals surface area contributed by atoms with E-state index in [1.54, 1.807) is 14.2 Å². The van der Waals surface area contributed by atoms with Crippen LogP contribution in [0.1, 0.15) is 10.4 Å². The van der Waals surface area contributed by atoms with E-state index in [0.717, 1.165) is 22.7 Å². The number of carbonyl (C=O) groups excluding carboxylic acids is 1. The highest BCUT2D eigenvalue weighted by atomic mass is 32.2. The largest absolute Gasteiger partial charge is 0.497 e. The highest BCUT2D eigenvalue weighted by Gasteiger charge is 2.18. The summed E-state index contributed by atoms with van der Waals surface area (Å²) in [6.07, 6.45) is 0. The Morgan fingerprint density at radius 1 is 0.875 bits per heavy atom. The van der Waals surface area contributed by atoms with Gasteiger partial charge in [0.25, 0.3) is 0 Å². The third kappa shape index (κ3) is 4.65. The first-order valence-electron chi connectivity index (χ1n) is 9.75. The van der Waals surface area contributed by atoms with Crippen molar-refractivity contribution in [3.8, 4) is 28.6 Å². The molecular formula is C24H20FN3O3S. The van der Waals surface area contributed by atoms with Gasteiger partial charge in [-0.3, -0.25) is 9.36 Å². The Hall–Kier alpha value is -3.65. The number of hydrogen-bond donors (Lipinski definition) is 0. The molecule has 4 rings (SSSR count). The Morgan fingerprint density at radius 3 is 2.06 bits per heavy atom. The van der Waals surface area contributed by atoms with Gasteiger partial charge in [0.2, 0.25) is 0 Å². The number of thioether (sulfide) groups is 1. The molecule has 1 heterocycles. The Bertz CT molecular complexity index is 1210. The first kappa shape index (κ1) is 21.6. The van der Waals surface area contributed by atoms with Crippen LogP contribution in [0.25, 0.3) is 17.1 Å². The number of hydrogen-bond acceptors (Lipinski definition) is 6. The van der Waals surface area contributed by atoms with E-state index >= 15 is 0 Å². The van der Waals surface area contributed by atoms with Gasteiger partial charge in [-0.2, -0.15) is 0 Å². The Kier molecular flexibility index (Phi) is 6.51. The highest BCUT2D eigenvalue weighted by molar-refractivity contribution is 7.99. The van der Waals surface area contributed by atoms with Gasteiger partial charge in [0.05, 0.1) is 20.0 Å². The lowest BCUT2D eigenvalue weighted by molar-refractivity contribution is 0.102. The van der Waals surface area contributed by atoms with Crippen molar-refractivity contribution in [2.45, 2.75) is 5.16 Å². The molecule has 0 aliphatic heterocycles. The number of ketones is 1. The Labute approximate surface area is 189 Å². The van der Waals surface area contributed by atoms with Crippen molar-refractivity contribution in [2.75, 3.05) is 20.0 Å². The van der Waals surface area contributed by atoms with E-state index in [0.29, 0.717) is 16.5 Å². The fraction of sp³-hybridized carbons (Fsp3) is 0.125. The van der Waals surface area contributed by atoms with Gasteiger partial charge < -0.3 is 9.47 Å². The lowest BCUT2D eigenvalue weighted by Crippen LogP contribution is -2.05. The number of nitrogens with zero attached hydrogens (tertiary/aromatic N) is 3. The second-order valence-electron chi connectivity index (χ2n) is 6.79. The fourth-order valence-corrected chi connectivity index (χ4v) is 3.95. The minimum atomic E-state index is -0.377. The second kappa shape index (κ2) is 9.65. The van der Waals surface area contributed by atoms with Gasteiger partial charge in [0.15, 0.2) is 16.8 Å². The highest BCUT2D eigenvalue weighted by Crippen LogP contribution is 2.30. The standard InChI is InChI=1S/C24H20FN3O3S/c1-30-20-11-5-17(6-12-20)23-26-27-24(28(23)19-9-13-21(31-2)14-10-19)32-15-22(29)16-3-7-18(25)8-4-16/h3-14H,15H2,1-2H3. The fourth-order valence-electron chi connectivity index (χ4n) is 3.10. The van der Waals surface area contributed by atoms with Crippen LogP contribution in [-0.2, 0) is 0 Å². The van der Waals surface area contributed by atoms with Crippen molar-refractivity contribution in [1.29, 1.82) is 0 Å². The monoisotopic (exact) mass is 449 g/mol. The van der Waals surface area contributed by atoms with Crippen molar-refractivity contribution in [2.24, 2.45) is 0 Å². The summed E-state index contributed by atoms with van der Waals surface area (Å²) in [5.74, 6) is 1.75. The molecule has 0 saturated carbocycles. The SMILES string of the molecule is COc1ccc(-c2nnc(SCC(=O)c3ccc(F)cc3)n2-c2ccc(OC)cc2)cc1. The molecule has 6 nitrogen and oxygen atoms in total. The maximum atomic E-state index is 13.2. The topological polar surface area (TPSA) is 66.2 Å². The number of methoxy groups -OCH3 is 2. The molecule has 32 heavy (non-hydrogen) atoms. The van der Waals surface area contributed by atoms with Gasteiger partial charge in [-0.25, -0.2) is 4.39 Å². The summed E-state index contributed by atoms with van der Waals surface area (Å²) < 4.78 is 25.6. The van der Waals surface area contributed by atoms with Gasteiger partial charge in [0.1, 0.15) is 17.3 Å². The molecule has 0 atom stereocenters. The summed E-state index contributed by atoms with van der Waals surface area (Å²) in [5.41, 5.74) is 2.13. The molecule has 1 aromatic heterocycles. The first-order chi connectivity index (χ1) is 15.6. The van der Waals surface area contributed by atoms with E-state index in [4.69, 9.17) is 9.47 Å². The smallest absolute Gasteiger partial charge is 0.196 e. The zero-order valence-electron chi connectivity index (χ0n) is 17.5. The molecule has 8 heteroatoms. The minimum absolute atomic E-state index is 0.120. The Morgan fingerprint density at radius 2 is 1.47 bits per heavy atom. The first-order valence-corrected chi connectivity index (χ1v) is 10.7. The molecule has 0 amide bonds. The number of Topliss-reactive ketones (excluding diaryl/α,β-unsaturated/α-hetero) is 1. The summed E-state index contributed by atoms with van der Waals surface area (Å²) in [5, 5.41) is 9.28. The van der Waals surface area contributed by atoms with E-state index < -0.39 is 0 Å². The molecule has 0 fully saturated rings. The van der Waals surface area contributed by atoms with Gasteiger partial charge in [-0.1, -0.05) is 11.8 Å². The molecule has 0 aliphatic carbocycles. The van der Waals surface area contributed by atoms with E-state index in [2.05, 4.69) is 10.2 Å². The molecule has 0 saturated heterocycles. The zero-order valence-corrected chi connectivity index (χ0v) is 18.3. The number of aromatic nitrogens is 3. The van der Waals surface area contributed by atoms with E-state index in [-0.39, 0.29) is 17.4 Å². The van der Waals surface area contributed by atoms with Gasteiger partial charge >= 0.3 is 0 Å². The summed E-state index contributed by atoms with van der Waals surface area (Å²) in [7, 11) is 3.22. The Balaban J connectivity index is 1.67. The molecule has 4 aromatic rings. The van der Waals surface area contributed by atoms with Crippen LogP contribution in [-0.4, -0.2) is 40.5 Å². The molecule has 0 bridgehead atoms. The number of carbonyl (C=O) groups is 1. The summed E-state index contributed by atoms with van der Waals surface area (Å²) >= 11 is 1.27.